The van der Waals surface area contributed by atoms with Crippen LogP contribution in [0.3, 0.4) is 0 Å². The van der Waals surface area contributed by atoms with Crippen LogP contribution in [0.1, 0.15) is 0 Å². The van der Waals surface area contributed by atoms with E-state index in [0.29, 0.717) is 6.54 Å². The minimum absolute atomic E-state index is 0.262. The Balaban J connectivity index is 2.36. The fourth-order valence-electron chi connectivity index (χ4n) is 0.589. The zero-order chi connectivity index (χ0) is 8.27. The van der Waals surface area contributed by atoms with Gasteiger partial charge in [-0.15, -0.1) is 0 Å². The van der Waals surface area contributed by atoms with Gasteiger partial charge < -0.3 is 9.26 Å². The molecular weight excluding hydrogens is 173 g/mol. The fourth-order valence-corrected chi connectivity index (χ4v) is 1.01. The molecule has 0 spiro atoms. The number of carbonyl (C=O) groups is 1. The van der Waals surface area contributed by atoms with Crippen molar-refractivity contribution in [2.24, 2.45) is 0 Å². The Bertz CT molecular complexity index is 183. The van der Waals surface area contributed by atoms with Gasteiger partial charge >= 0.3 is 14.3 Å². The zero-order valence-corrected chi connectivity index (χ0v) is 6.90. The zero-order valence-electron chi connectivity index (χ0n) is 5.90. The second-order valence-corrected chi connectivity index (χ2v) is 2.85. The van der Waals surface area contributed by atoms with Gasteiger partial charge in [0.05, 0.1) is 6.54 Å². The lowest BCUT2D eigenvalue weighted by Gasteiger charge is -2.09. The van der Waals surface area contributed by atoms with Crippen LogP contribution < -0.4 is 0 Å². The smallest absolute Gasteiger partial charge is 0.434 e. The Kier molecular flexibility index (Phi) is 2.87. The molecule has 0 N–H and O–H groups in total. The highest BCUT2D eigenvalue weighted by atomic mass is 31.1. The minimum Gasteiger partial charge on any atom is -0.446 e. The summed E-state index contributed by atoms with van der Waals surface area (Å²) in [5.74, 6) is 0. The van der Waals surface area contributed by atoms with E-state index in [0.717, 1.165) is 5.06 Å². The van der Waals surface area contributed by atoms with Crippen LogP contribution in [0.25, 0.3) is 0 Å². The number of hydroxylamine groups is 2. The molecule has 6 nitrogen and oxygen atoms in total. The Labute approximate surface area is 63.9 Å². The first-order valence-electron chi connectivity index (χ1n) is 2.94. The molecule has 1 heterocycles. The average Bonchev–Trinajstić information content (AvgIpc) is 2.37. The van der Waals surface area contributed by atoms with Gasteiger partial charge in [-0.05, 0) is 0 Å². The standard InChI is InChI=1S/C4H8NO5P/c1-8-11(7)10-5-2-3-9-4(5)6/h11H,2-3H2,1H3. The van der Waals surface area contributed by atoms with Crippen LogP contribution in [-0.2, 0) is 18.5 Å². The van der Waals surface area contributed by atoms with Crippen molar-refractivity contribution < 1.29 is 23.2 Å². The molecule has 7 heteroatoms. The van der Waals surface area contributed by atoms with Crippen LogP contribution in [0.4, 0.5) is 4.79 Å². The summed E-state index contributed by atoms with van der Waals surface area (Å²) in [6, 6.07) is 0. The van der Waals surface area contributed by atoms with Gasteiger partial charge in [-0.2, -0.15) is 9.69 Å². The molecule has 1 fully saturated rings. The molecule has 1 aliphatic rings. The van der Waals surface area contributed by atoms with Crippen molar-refractivity contribution in [2.45, 2.75) is 0 Å². The highest BCUT2D eigenvalue weighted by Crippen LogP contribution is 2.25. The first-order chi connectivity index (χ1) is 5.24. The van der Waals surface area contributed by atoms with Crippen LogP contribution >= 0.6 is 8.25 Å². The molecule has 0 saturated carbocycles. The maximum atomic E-state index is 10.6. The van der Waals surface area contributed by atoms with Gasteiger partial charge in [0.15, 0.2) is 0 Å². The SMILES string of the molecule is CO[PH](=O)ON1CCOC1=O. The van der Waals surface area contributed by atoms with Crippen LogP contribution in [0.15, 0.2) is 0 Å². The second kappa shape index (κ2) is 3.71. The van der Waals surface area contributed by atoms with Crippen molar-refractivity contribution in [3.05, 3.63) is 0 Å². The number of hydrogen-bond donors (Lipinski definition) is 0. The molecule has 1 unspecified atom stereocenters. The topological polar surface area (TPSA) is 65.1 Å². The summed E-state index contributed by atoms with van der Waals surface area (Å²) < 4.78 is 24.0. The van der Waals surface area contributed by atoms with Crippen molar-refractivity contribution >= 4 is 14.3 Å². The molecule has 1 saturated heterocycles. The molecule has 0 aromatic carbocycles. The largest absolute Gasteiger partial charge is 0.446 e. The number of nitrogens with zero attached hydrogens (tertiary/aromatic N) is 1. The van der Waals surface area contributed by atoms with Crippen molar-refractivity contribution in [1.82, 2.24) is 5.06 Å². The predicted octanol–water partition coefficient (Wildman–Crippen LogP) is 0.406. The van der Waals surface area contributed by atoms with Crippen molar-refractivity contribution in [3.8, 4) is 0 Å². The van der Waals surface area contributed by atoms with Crippen LogP contribution in [0.5, 0.6) is 0 Å². The molecule has 1 atom stereocenters. The third-order valence-electron chi connectivity index (χ3n) is 1.07. The normalized spacial score (nSPS) is 20.1. The summed E-state index contributed by atoms with van der Waals surface area (Å²) in [7, 11) is -1.33. The molecule has 11 heavy (non-hydrogen) atoms. The second-order valence-electron chi connectivity index (χ2n) is 1.76. The molecule has 0 bridgehead atoms. The summed E-state index contributed by atoms with van der Waals surface area (Å²) in [4.78, 5) is 10.6. The van der Waals surface area contributed by atoms with Crippen molar-refractivity contribution in [2.75, 3.05) is 20.3 Å². The molecule has 0 radical (unpaired) electrons. The fraction of sp³-hybridized carbons (Fsp3) is 0.750. The number of carbonyl (C=O) groups excluding carboxylic acids is 1. The van der Waals surface area contributed by atoms with Crippen LogP contribution in [0, 0.1) is 0 Å². The summed E-state index contributed by atoms with van der Waals surface area (Å²) in [6.45, 7) is 0.552. The lowest BCUT2D eigenvalue weighted by atomic mass is 10.7. The van der Waals surface area contributed by atoms with Gasteiger partial charge in [0.2, 0.25) is 0 Å². The lowest BCUT2D eigenvalue weighted by Crippen LogP contribution is -2.21. The molecule has 1 aliphatic heterocycles. The van der Waals surface area contributed by atoms with E-state index in [1.807, 2.05) is 0 Å². The van der Waals surface area contributed by atoms with Gasteiger partial charge in [-0.25, -0.2) is 4.79 Å². The molecule has 0 aliphatic carbocycles. The van der Waals surface area contributed by atoms with Gasteiger partial charge in [-0.3, -0.25) is 4.57 Å². The highest BCUT2D eigenvalue weighted by Gasteiger charge is 2.24. The van der Waals surface area contributed by atoms with E-state index in [9.17, 15) is 9.36 Å². The third-order valence-corrected chi connectivity index (χ3v) is 1.78. The molecule has 0 aromatic heterocycles. The quantitative estimate of drug-likeness (QED) is 0.590. The maximum absolute atomic E-state index is 10.6. The minimum atomic E-state index is -2.57. The molecule has 0 aromatic rings. The van der Waals surface area contributed by atoms with E-state index in [4.69, 9.17) is 0 Å². The Morgan fingerprint density at radius 1 is 1.73 bits per heavy atom. The molecule has 1 rings (SSSR count). The first-order valence-corrected chi connectivity index (χ1v) is 4.16. The molecule has 64 valence electrons. The molecule has 1 amide bonds. The van der Waals surface area contributed by atoms with Crippen molar-refractivity contribution in [3.63, 3.8) is 0 Å². The van der Waals surface area contributed by atoms with Gasteiger partial charge in [-0.1, -0.05) is 0 Å². The molecular formula is C4H8NO5P. The van der Waals surface area contributed by atoms with E-state index in [1.165, 1.54) is 7.11 Å². The van der Waals surface area contributed by atoms with E-state index < -0.39 is 14.3 Å². The van der Waals surface area contributed by atoms with Gasteiger partial charge in [0, 0.05) is 7.11 Å². The maximum Gasteiger partial charge on any atom is 0.434 e. The average molecular weight is 181 g/mol. The van der Waals surface area contributed by atoms with E-state index in [1.54, 1.807) is 0 Å². The van der Waals surface area contributed by atoms with E-state index in [-0.39, 0.29) is 6.61 Å². The van der Waals surface area contributed by atoms with E-state index >= 15 is 0 Å². The number of rotatable bonds is 3. The predicted molar refractivity (Wildman–Crippen MR) is 35.1 cm³/mol. The monoisotopic (exact) mass is 181 g/mol. The number of cyclic esters (lactones) is 1. The Hall–Kier alpha value is -0.580. The lowest BCUT2D eigenvalue weighted by molar-refractivity contribution is -0.00638. The van der Waals surface area contributed by atoms with Crippen LogP contribution in [0.2, 0.25) is 0 Å². The van der Waals surface area contributed by atoms with Gasteiger partial charge in [0.1, 0.15) is 6.61 Å². The van der Waals surface area contributed by atoms with E-state index in [2.05, 4.69) is 13.9 Å². The Morgan fingerprint density at radius 3 is 2.91 bits per heavy atom. The number of hydrogen-bond acceptors (Lipinski definition) is 5. The number of ether oxygens (including phenoxy) is 1. The first kappa shape index (κ1) is 8.52. The summed E-state index contributed by atoms with van der Waals surface area (Å²) in [5.41, 5.74) is 0. The highest BCUT2D eigenvalue weighted by molar-refractivity contribution is 7.33. The summed E-state index contributed by atoms with van der Waals surface area (Å²) in [5, 5.41) is 0.880. The summed E-state index contributed by atoms with van der Waals surface area (Å²) in [6.07, 6.45) is -0.625. The number of amides is 1. The summed E-state index contributed by atoms with van der Waals surface area (Å²) >= 11 is 0. The Morgan fingerprint density at radius 2 is 2.45 bits per heavy atom. The van der Waals surface area contributed by atoms with Crippen molar-refractivity contribution in [1.29, 1.82) is 0 Å². The van der Waals surface area contributed by atoms with Gasteiger partial charge in [0.25, 0.3) is 0 Å². The van der Waals surface area contributed by atoms with Crippen LogP contribution in [-0.4, -0.2) is 31.4 Å². The third kappa shape index (κ3) is 2.18.